The lowest BCUT2D eigenvalue weighted by Crippen LogP contribution is -2.54. The van der Waals surface area contributed by atoms with Gasteiger partial charge in [-0.2, -0.15) is 0 Å². The van der Waals surface area contributed by atoms with Gasteiger partial charge in [-0.3, -0.25) is 4.79 Å². The number of hydrogen-bond acceptors (Lipinski definition) is 3. The van der Waals surface area contributed by atoms with Crippen molar-refractivity contribution >= 4 is 5.91 Å². The molecule has 1 aliphatic carbocycles. The van der Waals surface area contributed by atoms with Crippen molar-refractivity contribution in [2.75, 3.05) is 26.3 Å². The van der Waals surface area contributed by atoms with Gasteiger partial charge in [0, 0.05) is 18.6 Å². The molecule has 120 valence electrons. The number of carbonyl (C=O) groups is 1. The maximum Gasteiger partial charge on any atom is 0.229 e. The van der Waals surface area contributed by atoms with Crippen molar-refractivity contribution in [1.29, 1.82) is 0 Å². The molecule has 0 radical (unpaired) electrons. The van der Waals surface area contributed by atoms with Crippen LogP contribution in [0.15, 0.2) is 0 Å². The van der Waals surface area contributed by atoms with E-state index in [1.54, 1.807) is 0 Å². The first-order chi connectivity index (χ1) is 10.3. The fraction of sp³-hybridized carbons (Fsp3) is 0.941. The van der Waals surface area contributed by atoms with Crippen molar-refractivity contribution in [3.63, 3.8) is 0 Å². The minimum atomic E-state index is 0.0391. The second-order valence-corrected chi connectivity index (χ2v) is 6.99. The van der Waals surface area contributed by atoms with Gasteiger partial charge in [-0.15, -0.1) is 0 Å². The number of carbonyl (C=O) groups excluding carboxylic acids is 1. The van der Waals surface area contributed by atoms with E-state index in [1.165, 1.54) is 38.5 Å². The average molecular weight is 294 g/mol. The van der Waals surface area contributed by atoms with E-state index in [1.807, 2.05) is 0 Å². The first kappa shape index (κ1) is 15.3. The van der Waals surface area contributed by atoms with Gasteiger partial charge in [0.2, 0.25) is 5.91 Å². The van der Waals surface area contributed by atoms with E-state index in [4.69, 9.17) is 4.74 Å². The Balaban J connectivity index is 1.65. The molecule has 3 fully saturated rings. The molecule has 2 aliphatic heterocycles. The predicted octanol–water partition coefficient (Wildman–Crippen LogP) is 2.18. The zero-order chi connectivity index (χ0) is 14.7. The van der Waals surface area contributed by atoms with Gasteiger partial charge < -0.3 is 15.0 Å². The third kappa shape index (κ3) is 3.26. The Morgan fingerprint density at radius 3 is 2.86 bits per heavy atom. The van der Waals surface area contributed by atoms with E-state index in [0.717, 1.165) is 25.4 Å². The number of hydrogen-bond donors (Lipinski definition) is 1. The predicted molar refractivity (Wildman–Crippen MR) is 83.1 cm³/mol. The summed E-state index contributed by atoms with van der Waals surface area (Å²) in [4.78, 5) is 15.3. The van der Waals surface area contributed by atoms with Gasteiger partial charge in [-0.05, 0) is 44.6 Å². The number of likely N-dealkylation sites (tertiary alicyclic amines) is 1. The standard InChI is InChI=1S/C17H30N2O2/c1-2-9-18-15-12-21-11-14(15)17(20)19-10-5-7-13-6-3-4-8-16(13)19/h13-16,18H,2-12H2,1H3. The molecule has 0 spiro atoms. The highest BCUT2D eigenvalue weighted by molar-refractivity contribution is 5.80. The van der Waals surface area contributed by atoms with Gasteiger partial charge >= 0.3 is 0 Å². The number of piperidine rings is 1. The molecule has 4 unspecified atom stereocenters. The van der Waals surface area contributed by atoms with E-state index in [9.17, 15) is 4.79 Å². The molecule has 0 aromatic rings. The molecule has 2 heterocycles. The maximum absolute atomic E-state index is 13.0. The molecule has 1 N–H and O–H groups in total. The molecule has 4 nitrogen and oxygen atoms in total. The van der Waals surface area contributed by atoms with Crippen LogP contribution in [-0.2, 0) is 9.53 Å². The van der Waals surface area contributed by atoms with Gasteiger partial charge in [0.1, 0.15) is 0 Å². The molecule has 0 aromatic heterocycles. The van der Waals surface area contributed by atoms with Crippen LogP contribution in [0, 0.1) is 11.8 Å². The summed E-state index contributed by atoms with van der Waals surface area (Å²) in [5, 5.41) is 3.50. The van der Waals surface area contributed by atoms with Crippen LogP contribution < -0.4 is 5.32 Å². The highest BCUT2D eigenvalue weighted by Crippen LogP contribution is 2.36. The minimum absolute atomic E-state index is 0.0391. The topological polar surface area (TPSA) is 41.6 Å². The molecule has 1 amide bonds. The van der Waals surface area contributed by atoms with Crippen molar-refractivity contribution in [2.45, 2.75) is 64.0 Å². The van der Waals surface area contributed by atoms with Crippen molar-refractivity contribution in [2.24, 2.45) is 11.8 Å². The van der Waals surface area contributed by atoms with Gasteiger partial charge in [0.15, 0.2) is 0 Å². The fourth-order valence-corrected chi connectivity index (χ4v) is 4.44. The Hall–Kier alpha value is -0.610. The van der Waals surface area contributed by atoms with Gasteiger partial charge in [0.25, 0.3) is 0 Å². The van der Waals surface area contributed by atoms with Gasteiger partial charge in [-0.1, -0.05) is 19.8 Å². The highest BCUT2D eigenvalue weighted by atomic mass is 16.5. The van der Waals surface area contributed by atoms with Crippen molar-refractivity contribution in [1.82, 2.24) is 10.2 Å². The van der Waals surface area contributed by atoms with E-state index in [0.29, 0.717) is 25.2 Å². The summed E-state index contributed by atoms with van der Waals surface area (Å²) in [5.41, 5.74) is 0. The first-order valence-electron chi connectivity index (χ1n) is 8.93. The number of nitrogens with zero attached hydrogens (tertiary/aromatic N) is 1. The lowest BCUT2D eigenvalue weighted by Gasteiger charge is -2.45. The largest absolute Gasteiger partial charge is 0.379 e. The molecular weight excluding hydrogens is 264 g/mol. The number of ether oxygens (including phenoxy) is 1. The maximum atomic E-state index is 13.0. The molecule has 21 heavy (non-hydrogen) atoms. The van der Waals surface area contributed by atoms with Crippen LogP contribution >= 0.6 is 0 Å². The fourth-order valence-electron chi connectivity index (χ4n) is 4.44. The van der Waals surface area contributed by atoms with Gasteiger partial charge in [-0.25, -0.2) is 0 Å². The third-order valence-electron chi connectivity index (χ3n) is 5.58. The van der Waals surface area contributed by atoms with Crippen LogP contribution in [0.3, 0.4) is 0 Å². The van der Waals surface area contributed by atoms with Crippen LogP contribution in [0.2, 0.25) is 0 Å². The number of amides is 1. The Labute approximate surface area is 128 Å². The van der Waals surface area contributed by atoms with E-state index in [-0.39, 0.29) is 12.0 Å². The lowest BCUT2D eigenvalue weighted by molar-refractivity contribution is -0.142. The van der Waals surface area contributed by atoms with Crippen LogP contribution in [0.1, 0.15) is 51.9 Å². The molecule has 4 atom stereocenters. The molecule has 2 saturated heterocycles. The smallest absolute Gasteiger partial charge is 0.229 e. The van der Waals surface area contributed by atoms with Crippen molar-refractivity contribution in [3.05, 3.63) is 0 Å². The monoisotopic (exact) mass is 294 g/mol. The van der Waals surface area contributed by atoms with Crippen LogP contribution in [0.25, 0.3) is 0 Å². The number of nitrogens with one attached hydrogen (secondary N) is 1. The summed E-state index contributed by atoms with van der Waals surface area (Å²) in [5.74, 6) is 1.16. The number of rotatable bonds is 4. The second-order valence-electron chi connectivity index (χ2n) is 6.99. The van der Waals surface area contributed by atoms with Crippen LogP contribution in [-0.4, -0.2) is 49.2 Å². The third-order valence-corrected chi connectivity index (χ3v) is 5.58. The highest BCUT2D eigenvalue weighted by Gasteiger charge is 2.41. The van der Waals surface area contributed by atoms with E-state index in [2.05, 4.69) is 17.1 Å². The first-order valence-corrected chi connectivity index (χ1v) is 8.93. The summed E-state index contributed by atoms with van der Waals surface area (Å²) < 4.78 is 5.60. The van der Waals surface area contributed by atoms with Crippen molar-refractivity contribution < 1.29 is 9.53 Å². The summed E-state index contributed by atoms with van der Waals surface area (Å²) in [6.45, 7) is 5.41. The summed E-state index contributed by atoms with van der Waals surface area (Å²) >= 11 is 0. The molecule has 3 rings (SSSR count). The molecule has 4 heteroatoms. The molecular formula is C17H30N2O2. The van der Waals surface area contributed by atoms with Crippen LogP contribution in [0.5, 0.6) is 0 Å². The minimum Gasteiger partial charge on any atom is -0.379 e. The number of fused-ring (bicyclic) bond motifs is 1. The quantitative estimate of drug-likeness (QED) is 0.864. The Kier molecular flexibility index (Phi) is 5.17. The Morgan fingerprint density at radius 2 is 2.00 bits per heavy atom. The SMILES string of the molecule is CCCNC1COCC1C(=O)N1CCCC2CCCCC21. The molecule has 0 aromatic carbocycles. The van der Waals surface area contributed by atoms with E-state index < -0.39 is 0 Å². The lowest BCUT2D eigenvalue weighted by atomic mass is 9.78. The summed E-state index contributed by atoms with van der Waals surface area (Å²) in [6.07, 6.45) is 8.82. The second kappa shape index (κ2) is 7.10. The Bertz CT molecular complexity index is 359. The zero-order valence-electron chi connectivity index (χ0n) is 13.4. The summed E-state index contributed by atoms with van der Waals surface area (Å²) in [6, 6.07) is 0.744. The molecule has 0 bridgehead atoms. The normalized spacial score (nSPS) is 36.5. The summed E-state index contributed by atoms with van der Waals surface area (Å²) in [7, 11) is 0. The Morgan fingerprint density at radius 1 is 1.19 bits per heavy atom. The van der Waals surface area contributed by atoms with Crippen LogP contribution in [0.4, 0.5) is 0 Å². The van der Waals surface area contributed by atoms with Gasteiger partial charge in [0.05, 0.1) is 19.1 Å². The zero-order valence-corrected chi connectivity index (χ0v) is 13.4. The van der Waals surface area contributed by atoms with E-state index >= 15 is 0 Å². The average Bonchev–Trinajstić information content (AvgIpc) is 3.00. The van der Waals surface area contributed by atoms with Crippen molar-refractivity contribution in [3.8, 4) is 0 Å². The molecule has 3 aliphatic rings. The molecule has 1 saturated carbocycles.